The number of aryl methyl sites for hydroxylation is 1. The zero-order valence-electron chi connectivity index (χ0n) is 10.2. The number of carbonyl (C=O) groups is 1. The lowest BCUT2D eigenvalue weighted by Crippen LogP contribution is -2.13. The van der Waals surface area contributed by atoms with Crippen molar-refractivity contribution in [2.45, 2.75) is 6.92 Å². The number of benzene rings is 2. The lowest BCUT2D eigenvalue weighted by molar-refractivity contribution is 0.102. The molecule has 0 radical (unpaired) electrons. The summed E-state index contributed by atoms with van der Waals surface area (Å²) in [6.45, 7) is 1.80. The van der Waals surface area contributed by atoms with Crippen molar-refractivity contribution in [2.75, 3.05) is 11.1 Å². The summed E-state index contributed by atoms with van der Waals surface area (Å²) < 4.78 is 13.3. The molecule has 19 heavy (non-hydrogen) atoms. The van der Waals surface area contributed by atoms with Crippen LogP contribution in [0.1, 0.15) is 15.9 Å². The maximum atomic E-state index is 13.3. The molecule has 0 atom stereocenters. The summed E-state index contributed by atoms with van der Waals surface area (Å²) in [6, 6.07) is 9.14. The summed E-state index contributed by atoms with van der Waals surface area (Å²) in [5.41, 5.74) is 6.99. The monoisotopic (exact) mass is 278 g/mol. The van der Waals surface area contributed by atoms with Crippen LogP contribution in [0.2, 0.25) is 5.02 Å². The van der Waals surface area contributed by atoms with E-state index in [0.717, 1.165) is 5.56 Å². The van der Waals surface area contributed by atoms with Crippen molar-refractivity contribution in [3.63, 3.8) is 0 Å². The number of nitrogen functional groups attached to an aromatic ring is 1. The zero-order valence-corrected chi connectivity index (χ0v) is 11.0. The second-order valence-corrected chi connectivity index (χ2v) is 4.59. The molecule has 0 heterocycles. The molecule has 2 aromatic carbocycles. The van der Waals surface area contributed by atoms with Gasteiger partial charge in [0.2, 0.25) is 0 Å². The molecule has 3 nitrogen and oxygen atoms in total. The van der Waals surface area contributed by atoms with Crippen molar-refractivity contribution in [3.05, 3.63) is 58.4 Å². The van der Waals surface area contributed by atoms with E-state index in [9.17, 15) is 9.18 Å². The van der Waals surface area contributed by atoms with E-state index in [4.69, 9.17) is 17.3 Å². The van der Waals surface area contributed by atoms with Crippen molar-refractivity contribution in [2.24, 2.45) is 0 Å². The molecule has 0 saturated carbocycles. The second-order valence-electron chi connectivity index (χ2n) is 4.15. The molecule has 2 rings (SSSR count). The van der Waals surface area contributed by atoms with Crippen molar-refractivity contribution in [3.8, 4) is 0 Å². The smallest absolute Gasteiger partial charge is 0.255 e. The minimum atomic E-state index is -0.569. The Labute approximate surface area is 115 Å². The number of carbonyl (C=O) groups excluding carboxylic acids is 1. The van der Waals surface area contributed by atoms with Gasteiger partial charge in [0.1, 0.15) is 5.82 Å². The van der Waals surface area contributed by atoms with Crippen molar-refractivity contribution in [1.82, 2.24) is 0 Å². The van der Waals surface area contributed by atoms with Crippen molar-refractivity contribution in [1.29, 1.82) is 0 Å². The molecule has 0 saturated heterocycles. The van der Waals surface area contributed by atoms with Crippen LogP contribution < -0.4 is 11.1 Å². The van der Waals surface area contributed by atoms with Gasteiger partial charge in [-0.2, -0.15) is 0 Å². The van der Waals surface area contributed by atoms with Gasteiger partial charge in [-0.15, -0.1) is 0 Å². The maximum absolute atomic E-state index is 13.3. The third-order valence-corrected chi connectivity index (χ3v) is 2.94. The van der Waals surface area contributed by atoms with Crippen LogP contribution in [0.25, 0.3) is 0 Å². The molecular weight excluding hydrogens is 267 g/mol. The van der Waals surface area contributed by atoms with E-state index >= 15 is 0 Å². The Balaban J connectivity index is 2.25. The van der Waals surface area contributed by atoms with Crippen LogP contribution in [0, 0.1) is 12.7 Å². The van der Waals surface area contributed by atoms with E-state index in [-0.39, 0.29) is 11.6 Å². The Bertz CT molecular complexity index is 643. The van der Waals surface area contributed by atoms with Crippen LogP contribution in [0.3, 0.4) is 0 Å². The summed E-state index contributed by atoms with van der Waals surface area (Å²) in [7, 11) is 0. The SMILES string of the molecule is Cc1ccc(Cl)cc1C(=O)Nc1ccc(N)c(F)c1. The molecule has 0 bridgehead atoms. The number of hydrogen-bond acceptors (Lipinski definition) is 2. The molecule has 0 aliphatic rings. The Morgan fingerprint density at radius 1 is 1.26 bits per heavy atom. The van der Waals surface area contributed by atoms with Gasteiger partial charge < -0.3 is 11.1 Å². The van der Waals surface area contributed by atoms with Crippen LogP contribution in [0.5, 0.6) is 0 Å². The Morgan fingerprint density at radius 2 is 2.00 bits per heavy atom. The number of nitrogens with one attached hydrogen (secondary N) is 1. The average molecular weight is 279 g/mol. The van der Waals surface area contributed by atoms with Gasteiger partial charge in [0, 0.05) is 16.3 Å². The number of nitrogens with two attached hydrogens (primary N) is 1. The summed E-state index contributed by atoms with van der Waals surface area (Å²) in [5.74, 6) is -0.912. The van der Waals surface area contributed by atoms with Gasteiger partial charge in [-0.05, 0) is 42.8 Å². The van der Waals surface area contributed by atoms with Gasteiger partial charge in [0.15, 0.2) is 0 Å². The predicted molar refractivity (Wildman–Crippen MR) is 75.0 cm³/mol. The lowest BCUT2D eigenvalue weighted by Gasteiger charge is -2.08. The zero-order chi connectivity index (χ0) is 14.0. The predicted octanol–water partition coefficient (Wildman–Crippen LogP) is 3.62. The van der Waals surface area contributed by atoms with E-state index in [1.165, 1.54) is 18.2 Å². The standard InChI is InChI=1S/C14H12ClFN2O/c1-8-2-3-9(15)6-11(8)14(19)18-10-4-5-13(17)12(16)7-10/h2-7H,17H2,1H3,(H,18,19). The van der Waals surface area contributed by atoms with E-state index in [0.29, 0.717) is 16.3 Å². The highest BCUT2D eigenvalue weighted by molar-refractivity contribution is 6.31. The highest BCUT2D eigenvalue weighted by Crippen LogP contribution is 2.19. The minimum Gasteiger partial charge on any atom is -0.396 e. The van der Waals surface area contributed by atoms with Crippen molar-refractivity contribution < 1.29 is 9.18 Å². The first-order valence-corrected chi connectivity index (χ1v) is 5.97. The number of amides is 1. The summed E-state index contributed by atoms with van der Waals surface area (Å²) in [6.07, 6.45) is 0. The number of hydrogen-bond donors (Lipinski definition) is 2. The normalized spacial score (nSPS) is 10.3. The van der Waals surface area contributed by atoms with Gasteiger partial charge >= 0.3 is 0 Å². The Kier molecular flexibility index (Phi) is 3.71. The third kappa shape index (κ3) is 3.03. The lowest BCUT2D eigenvalue weighted by atomic mass is 10.1. The average Bonchev–Trinajstić information content (AvgIpc) is 2.36. The molecule has 0 fully saturated rings. The maximum Gasteiger partial charge on any atom is 0.255 e. The number of halogens is 2. The molecule has 5 heteroatoms. The molecule has 0 unspecified atom stereocenters. The second kappa shape index (κ2) is 5.28. The topological polar surface area (TPSA) is 55.1 Å². The highest BCUT2D eigenvalue weighted by Gasteiger charge is 2.10. The molecule has 2 aromatic rings. The molecule has 1 amide bonds. The largest absolute Gasteiger partial charge is 0.396 e. The number of rotatable bonds is 2. The number of anilines is 2. The fourth-order valence-corrected chi connectivity index (χ4v) is 1.81. The fraction of sp³-hybridized carbons (Fsp3) is 0.0714. The van der Waals surface area contributed by atoms with E-state index in [1.807, 2.05) is 0 Å². The van der Waals surface area contributed by atoms with E-state index in [1.54, 1.807) is 25.1 Å². The quantitative estimate of drug-likeness (QED) is 0.824. The van der Waals surface area contributed by atoms with E-state index < -0.39 is 5.82 Å². The Morgan fingerprint density at radius 3 is 2.68 bits per heavy atom. The van der Waals surface area contributed by atoms with Crippen molar-refractivity contribution >= 4 is 28.9 Å². The molecule has 0 spiro atoms. The molecule has 98 valence electrons. The Hall–Kier alpha value is -2.07. The van der Waals surface area contributed by atoms with Crippen LogP contribution in [-0.4, -0.2) is 5.91 Å². The van der Waals surface area contributed by atoms with Crippen LogP contribution in [-0.2, 0) is 0 Å². The van der Waals surface area contributed by atoms with Gasteiger partial charge in [0.05, 0.1) is 5.69 Å². The molecule has 0 aliphatic carbocycles. The van der Waals surface area contributed by atoms with Gasteiger partial charge in [0.25, 0.3) is 5.91 Å². The first-order chi connectivity index (χ1) is 8.97. The molecule has 3 N–H and O–H groups in total. The van der Waals surface area contributed by atoms with Gasteiger partial charge in [-0.1, -0.05) is 17.7 Å². The summed E-state index contributed by atoms with van der Waals surface area (Å²) in [5, 5.41) is 3.07. The third-order valence-electron chi connectivity index (χ3n) is 2.70. The minimum absolute atomic E-state index is 0.0388. The first kappa shape index (κ1) is 13.4. The highest BCUT2D eigenvalue weighted by atomic mass is 35.5. The molecule has 0 aromatic heterocycles. The molecular formula is C14H12ClFN2O. The van der Waals surface area contributed by atoms with Gasteiger partial charge in [-0.25, -0.2) is 4.39 Å². The summed E-state index contributed by atoms with van der Waals surface area (Å²) >= 11 is 5.85. The van der Waals surface area contributed by atoms with Crippen LogP contribution >= 0.6 is 11.6 Å². The first-order valence-electron chi connectivity index (χ1n) is 5.60. The van der Waals surface area contributed by atoms with Crippen LogP contribution in [0.15, 0.2) is 36.4 Å². The van der Waals surface area contributed by atoms with Gasteiger partial charge in [-0.3, -0.25) is 4.79 Å². The fourth-order valence-electron chi connectivity index (χ4n) is 1.64. The van der Waals surface area contributed by atoms with Crippen LogP contribution in [0.4, 0.5) is 15.8 Å². The molecule has 0 aliphatic heterocycles. The van der Waals surface area contributed by atoms with E-state index in [2.05, 4.69) is 5.32 Å². The summed E-state index contributed by atoms with van der Waals surface area (Å²) in [4.78, 5) is 12.1.